The number of piperidine rings is 1. The van der Waals surface area contributed by atoms with E-state index in [1.165, 1.54) is 22.2 Å². The minimum Gasteiger partial charge on any atom is -0.494 e. The lowest BCUT2D eigenvalue weighted by Crippen LogP contribution is -2.33. The Balaban J connectivity index is 1.12. The maximum Gasteiger partial charge on any atom is 0.239 e. The van der Waals surface area contributed by atoms with Gasteiger partial charge in [0.15, 0.2) is 0 Å². The summed E-state index contributed by atoms with van der Waals surface area (Å²) in [6.07, 6.45) is 8.99. The van der Waals surface area contributed by atoms with Crippen LogP contribution in [0.3, 0.4) is 0 Å². The summed E-state index contributed by atoms with van der Waals surface area (Å²) in [7, 11) is 0. The number of fused-ring (bicyclic) bond motifs is 1. The van der Waals surface area contributed by atoms with Crippen LogP contribution in [0.1, 0.15) is 42.7 Å². The van der Waals surface area contributed by atoms with Crippen LogP contribution in [0.5, 0.6) is 5.75 Å². The molecule has 0 atom stereocenters. The summed E-state index contributed by atoms with van der Waals surface area (Å²) in [5.41, 5.74) is 5.09. The van der Waals surface area contributed by atoms with Crippen LogP contribution in [0.15, 0.2) is 55.1 Å². The third kappa shape index (κ3) is 4.33. The summed E-state index contributed by atoms with van der Waals surface area (Å²) < 4.78 is 16.4. The summed E-state index contributed by atoms with van der Waals surface area (Å²) in [5.74, 6) is 1.52. The van der Waals surface area contributed by atoms with Crippen molar-refractivity contribution in [2.75, 3.05) is 24.6 Å². The Morgan fingerprint density at radius 1 is 1.06 bits per heavy atom. The molecule has 0 amide bonds. The Labute approximate surface area is 182 Å². The van der Waals surface area contributed by atoms with Crippen LogP contribution in [0.2, 0.25) is 0 Å². The van der Waals surface area contributed by atoms with E-state index in [1.807, 2.05) is 6.20 Å². The molecule has 1 saturated heterocycles. The number of H-pyrrole nitrogens is 1. The third-order valence-electron chi connectivity index (χ3n) is 6.37. The minimum absolute atomic E-state index is 0.152. The molecule has 0 spiro atoms. The first-order valence-corrected chi connectivity index (χ1v) is 11.1. The second-order valence-electron chi connectivity index (χ2n) is 8.36. The number of aryl methyl sites for hydroxylation is 1. The van der Waals surface area contributed by atoms with E-state index >= 15 is 0 Å². The summed E-state index contributed by atoms with van der Waals surface area (Å²) in [5, 5.41) is 8.66. The van der Waals surface area contributed by atoms with E-state index in [9.17, 15) is 0 Å². The normalized spacial score (nSPS) is 17.1. The zero-order chi connectivity index (χ0) is 21.0. The van der Waals surface area contributed by atoms with Crippen molar-refractivity contribution < 1.29 is 14.2 Å². The fraction of sp³-hybridized carbons (Fsp3) is 0.400. The summed E-state index contributed by atoms with van der Waals surface area (Å²) >= 11 is 0. The molecule has 6 nitrogen and oxygen atoms in total. The fourth-order valence-corrected chi connectivity index (χ4v) is 4.56. The van der Waals surface area contributed by atoms with Crippen LogP contribution in [0, 0.1) is 6.92 Å². The number of hydrogen-bond donors (Lipinski definition) is 1. The Morgan fingerprint density at radius 3 is 2.61 bits per heavy atom. The molecule has 6 heteroatoms. The Hall–Kier alpha value is -3.15. The number of benzene rings is 2. The highest BCUT2D eigenvalue weighted by molar-refractivity contribution is 5.92. The number of aromatic nitrogens is 2. The highest BCUT2D eigenvalue weighted by atomic mass is 16.7. The molecule has 31 heavy (non-hydrogen) atoms. The smallest absolute Gasteiger partial charge is 0.239 e. The molecule has 162 valence electrons. The Bertz CT molecular complexity index is 1030. The molecule has 0 aliphatic carbocycles. The first-order chi connectivity index (χ1) is 15.3. The second-order valence-corrected chi connectivity index (χ2v) is 8.36. The molecule has 2 aliphatic heterocycles. The number of anilines is 1. The lowest BCUT2D eigenvalue weighted by molar-refractivity contribution is -0.0310. The molecular weight excluding hydrogens is 390 g/mol. The van der Waals surface area contributed by atoms with Crippen molar-refractivity contribution in [2.24, 2.45) is 0 Å². The largest absolute Gasteiger partial charge is 0.494 e. The zero-order valence-corrected chi connectivity index (χ0v) is 17.9. The molecule has 0 unspecified atom stereocenters. The number of rotatable bonds is 7. The molecule has 3 heterocycles. The molecule has 0 radical (unpaired) electrons. The minimum atomic E-state index is -0.152. The summed E-state index contributed by atoms with van der Waals surface area (Å²) in [6.45, 7) is 4.91. The maximum atomic E-state index is 5.88. The van der Waals surface area contributed by atoms with Crippen molar-refractivity contribution >= 4 is 16.6 Å². The van der Waals surface area contributed by atoms with Gasteiger partial charge in [0, 0.05) is 24.9 Å². The van der Waals surface area contributed by atoms with E-state index < -0.39 is 0 Å². The Morgan fingerprint density at radius 2 is 1.84 bits per heavy atom. The molecule has 2 aliphatic rings. The second kappa shape index (κ2) is 8.92. The van der Waals surface area contributed by atoms with Gasteiger partial charge in [0.25, 0.3) is 0 Å². The SMILES string of the molecule is Cc1ccc(N2CCC(c3ccc(OCCCC4OC=CO4)cc3)CC2)c2[nH]ncc12. The fourth-order valence-electron chi connectivity index (χ4n) is 4.56. The topological polar surface area (TPSA) is 59.6 Å². The number of nitrogens with one attached hydrogen (secondary N) is 1. The van der Waals surface area contributed by atoms with Gasteiger partial charge in [-0.2, -0.15) is 5.10 Å². The van der Waals surface area contributed by atoms with Crippen LogP contribution in [-0.4, -0.2) is 36.2 Å². The molecule has 0 bridgehead atoms. The van der Waals surface area contributed by atoms with Gasteiger partial charge in [-0.1, -0.05) is 18.2 Å². The molecular formula is C25H29N3O3. The molecule has 3 aromatic rings. The van der Waals surface area contributed by atoms with Crippen molar-refractivity contribution in [3.05, 3.63) is 66.2 Å². The van der Waals surface area contributed by atoms with E-state index in [1.54, 1.807) is 12.5 Å². The quantitative estimate of drug-likeness (QED) is 0.530. The van der Waals surface area contributed by atoms with Gasteiger partial charge < -0.3 is 19.1 Å². The van der Waals surface area contributed by atoms with Crippen molar-refractivity contribution in [3.63, 3.8) is 0 Å². The van der Waals surface area contributed by atoms with Gasteiger partial charge in [-0.15, -0.1) is 0 Å². The molecule has 0 saturated carbocycles. The highest BCUT2D eigenvalue weighted by Gasteiger charge is 2.22. The van der Waals surface area contributed by atoms with Crippen molar-refractivity contribution in [1.29, 1.82) is 0 Å². The predicted molar refractivity (Wildman–Crippen MR) is 121 cm³/mol. The molecule has 1 fully saturated rings. The average molecular weight is 420 g/mol. The van der Waals surface area contributed by atoms with E-state index in [0.717, 1.165) is 50.0 Å². The van der Waals surface area contributed by atoms with E-state index in [2.05, 4.69) is 58.4 Å². The van der Waals surface area contributed by atoms with E-state index in [4.69, 9.17) is 14.2 Å². The molecule has 2 aromatic carbocycles. The van der Waals surface area contributed by atoms with Gasteiger partial charge in [0.1, 0.15) is 18.3 Å². The maximum absolute atomic E-state index is 5.88. The van der Waals surface area contributed by atoms with Gasteiger partial charge in [-0.05, 0) is 61.4 Å². The predicted octanol–water partition coefficient (Wildman–Crippen LogP) is 5.26. The number of aromatic amines is 1. The lowest BCUT2D eigenvalue weighted by Gasteiger charge is -2.34. The third-order valence-corrected chi connectivity index (χ3v) is 6.37. The monoisotopic (exact) mass is 419 g/mol. The standard InChI is InChI=1S/C25H29N3O3/c1-18-4-9-23(25-22(18)17-26-27-25)28-12-10-20(11-13-28)19-5-7-21(8-6-19)29-14-2-3-24-30-15-16-31-24/h4-9,15-17,20,24H,2-3,10-14H2,1H3,(H,26,27). The highest BCUT2D eigenvalue weighted by Crippen LogP contribution is 2.34. The number of hydrogen-bond acceptors (Lipinski definition) is 5. The van der Waals surface area contributed by atoms with Gasteiger partial charge in [0.05, 0.1) is 24.0 Å². The zero-order valence-electron chi connectivity index (χ0n) is 17.9. The first kappa shape index (κ1) is 19.8. The average Bonchev–Trinajstić information content (AvgIpc) is 3.51. The van der Waals surface area contributed by atoms with Gasteiger partial charge in [-0.25, -0.2) is 0 Å². The van der Waals surface area contributed by atoms with Crippen LogP contribution >= 0.6 is 0 Å². The van der Waals surface area contributed by atoms with Crippen LogP contribution in [0.25, 0.3) is 10.9 Å². The molecule has 1 aromatic heterocycles. The summed E-state index contributed by atoms with van der Waals surface area (Å²) in [4.78, 5) is 2.49. The van der Waals surface area contributed by atoms with Crippen LogP contribution in [-0.2, 0) is 9.47 Å². The van der Waals surface area contributed by atoms with Gasteiger partial charge in [0.2, 0.25) is 6.29 Å². The van der Waals surface area contributed by atoms with Crippen molar-refractivity contribution in [1.82, 2.24) is 10.2 Å². The molecule has 1 N–H and O–H groups in total. The van der Waals surface area contributed by atoms with Crippen LogP contribution in [0.4, 0.5) is 5.69 Å². The molecule has 5 rings (SSSR count). The first-order valence-electron chi connectivity index (χ1n) is 11.1. The van der Waals surface area contributed by atoms with E-state index in [-0.39, 0.29) is 6.29 Å². The Kier molecular flexibility index (Phi) is 5.69. The lowest BCUT2D eigenvalue weighted by atomic mass is 9.89. The van der Waals surface area contributed by atoms with Crippen molar-refractivity contribution in [3.8, 4) is 5.75 Å². The van der Waals surface area contributed by atoms with Gasteiger partial charge in [-0.3, -0.25) is 5.10 Å². The number of ether oxygens (including phenoxy) is 3. The van der Waals surface area contributed by atoms with Gasteiger partial charge >= 0.3 is 0 Å². The van der Waals surface area contributed by atoms with E-state index in [0.29, 0.717) is 12.5 Å². The number of nitrogens with zero attached hydrogens (tertiary/aromatic N) is 2. The van der Waals surface area contributed by atoms with Crippen molar-refractivity contribution in [2.45, 2.75) is 44.8 Å². The summed E-state index contributed by atoms with van der Waals surface area (Å²) in [6, 6.07) is 13.1. The van der Waals surface area contributed by atoms with Crippen LogP contribution < -0.4 is 9.64 Å².